The first kappa shape index (κ1) is 13.6. The van der Waals surface area contributed by atoms with E-state index in [1.54, 1.807) is 6.20 Å². The lowest BCUT2D eigenvalue weighted by Crippen LogP contribution is -2.02. The number of benzene rings is 2. The fourth-order valence-corrected chi connectivity index (χ4v) is 2.38. The Bertz CT molecular complexity index is 768. The molecule has 21 heavy (non-hydrogen) atoms. The molecule has 0 aliphatic rings. The zero-order chi connectivity index (χ0) is 14.7. The van der Waals surface area contributed by atoms with Crippen LogP contribution in [0, 0.1) is 6.92 Å². The molecule has 0 saturated carbocycles. The summed E-state index contributed by atoms with van der Waals surface area (Å²) in [5, 5.41) is 1.08. The quantitative estimate of drug-likeness (QED) is 0.789. The number of nitrogens with two attached hydrogens (primary N) is 1. The highest BCUT2D eigenvalue weighted by Crippen LogP contribution is 2.27. The average Bonchev–Trinajstić information content (AvgIpc) is 2.50. The summed E-state index contributed by atoms with van der Waals surface area (Å²) in [6.45, 7) is 2.71. The van der Waals surface area contributed by atoms with Gasteiger partial charge in [0, 0.05) is 5.39 Å². The van der Waals surface area contributed by atoms with E-state index in [4.69, 9.17) is 10.5 Å². The molecule has 0 saturated heterocycles. The number of aryl methyl sites for hydroxylation is 1. The fourth-order valence-electron chi connectivity index (χ4n) is 2.38. The third-order valence-electron chi connectivity index (χ3n) is 3.47. The van der Waals surface area contributed by atoms with Crippen LogP contribution in [0.15, 0.2) is 54.7 Å². The minimum Gasteiger partial charge on any atom is -0.455 e. The van der Waals surface area contributed by atoms with Crippen molar-refractivity contribution in [2.24, 2.45) is 5.73 Å². The van der Waals surface area contributed by atoms with Gasteiger partial charge in [-0.15, -0.1) is 0 Å². The Morgan fingerprint density at radius 3 is 2.76 bits per heavy atom. The number of ether oxygens (including phenoxy) is 1. The largest absolute Gasteiger partial charge is 0.455 e. The zero-order valence-corrected chi connectivity index (χ0v) is 12.0. The van der Waals surface area contributed by atoms with Crippen molar-refractivity contribution in [3.8, 4) is 11.5 Å². The van der Waals surface area contributed by atoms with Crippen molar-refractivity contribution in [3.05, 3.63) is 65.9 Å². The number of pyridine rings is 1. The summed E-state index contributed by atoms with van der Waals surface area (Å²) in [6, 6.07) is 16.2. The maximum Gasteiger partial charge on any atom is 0.146 e. The summed E-state index contributed by atoms with van der Waals surface area (Å²) in [5.41, 5.74) is 8.90. The molecule has 0 bridgehead atoms. The smallest absolute Gasteiger partial charge is 0.146 e. The van der Waals surface area contributed by atoms with Crippen LogP contribution in [0.3, 0.4) is 0 Å². The molecule has 0 aliphatic carbocycles. The Labute approximate surface area is 124 Å². The van der Waals surface area contributed by atoms with Gasteiger partial charge in [0.2, 0.25) is 0 Å². The van der Waals surface area contributed by atoms with Gasteiger partial charge in [-0.3, -0.25) is 4.98 Å². The van der Waals surface area contributed by atoms with Gasteiger partial charge in [0.1, 0.15) is 11.5 Å². The molecular weight excluding hydrogens is 260 g/mol. The van der Waals surface area contributed by atoms with E-state index in [9.17, 15) is 0 Å². The molecule has 2 aromatic carbocycles. The van der Waals surface area contributed by atoms with Crippen LogP contribution in [0.5, 0.6) is 11.5 Å². The molecule has 0 aliphatic heterocycles. The predicted molar refractivity (Wildman–Crippen MR) is 85.8 cm³/mol. The van der Waals surface area contributed by atoms with E-state index < -0.39 is 0 Å². The fraction of sp³-hybridized carbons (Fsp3) is 0.167. The molecule has 0 radical (unpaired) electrons. The van der Waals surface area contributed by atoms with Gasteiger partial charge in [0.25, 0.3) is 0 Å². The van der Waals surface area contributed by atoms with Crippen molar-refractivity contribution >= 4 is 10.9 Å². The molecule has 3 rings (SSSR count). The van der Waals surface area contributed by atoms with Crippen LogP contribution in [0.4, 0.5) is 0 Å². The van der Waals surface area contributed by atoms with Gasteiger partial charge in [0.15, 0.2) is 0 Å². The standard InChI is InChI=1S/C18H18N2O/c1-13-10-14(8-9-19)6-7-18(13)21-16-11-15-4-2-3-5-17(15)20-12-16/h2-7,10-12H,8-9,19H2,1H3. The van der Waals surface area contributed by atoms with Gasteiger partial charge in [-0.05, 0) is 49.2 Å². The maximum atomic E-state index is 5.96. The second-order valence-corrected chi connectivity index (χ2v) is 5.10. The highest BCUT2D eigenvalue weighted by molar-refractivity contribution is 5.79. The third-order valence-corrected chi connectivity index (χ3v) is 3.47. The molecule has 106 valence electrons. The van der Waals surface area contributed by atoms with Gasteiger partial charge >= 0.3 is 0 Å². The van der Waals surface area contributed by atoms with Crippen molar-refractivity contribution in [2.45, 2.75) is 13.3 Å². The van der Waals surface area contributed by atoms with E-state index >= 15 is 0 Å². The summed E-state index contributed by atoms with van der Waals surface area (Å²) in [6.07, 6.45) is 2.65. The normalized spacial score (nSPS) is 10.8. The van der Waals surface area contributed by atoms with E-state index in [1.165, 1.54) is 5.56 Å². The number of hydrogen-bond donors (Lipinski definition) is 1. The minimum absolute atomic E-state index is 0.661. The van der Waals surface area contributed by atoms with Crippen molar-refractivity contribution in [1.82, 2.24) is 4.98 Å². The van der Waals surface area contributed by atoms with E-state index in [2.05, 4.69) is 17.1 Å². The van der Waals surface area contributed by atoms with E-state index in [0.29, 0.717) is 6.54 Å². The summed E-state index contributed by atoms with van der Waals surface area (Å²) in [7, 11) is 0. The highest BCUT2D eigenvalue weighted by atomic mass is 16.5. The second kappa shape index (κ2) is 5.94. The molecular formula is C18H18N2O. The lowest BCUT2D eigenvalue weighted by molar-refractivity contribution is 0.477. The van der Waals surface area contributed by atoms with Gasteiger partial charge in [-0.25, -0.2) is 0 Å². The number of nitrogens with zero attached hydrogens (tertiary/aromatic N) is 1. The van der Waals surface area contributed by atoms with Crippen molar-refractivity contribution in [1.29, 1.82) is 0 Å². The maximum absolute atomic E-state index is 5.96. The van der Waals surface area contributed by atoms with Crippen LogP contribution in [-0.4, -0.2) is 11.5 Å². The van der Waals surface area contributed by atoms with Crippen LogP contribution >= 0.6 is 0 Å². The van der Waals surface area contributed by atoms with Crippen LogP contribution in [0.1, 0.15) is 11.1 Å². The molecule has 1 heterocycles. The molecule has 2 N–H and O–H groups in total. The Kier molecular flexibility index (Phi) is 3.84. The number of rotatable bonds is 4. The van der Waals surface area contributed by atoms with Gasteiger partial charge in [-0.1, -0.05) is 30.3 Å². The molecule has 0 atom stereocenters. The van der Waals surface area contributed by atoms with Crippen LogP contribution < -0.4 is 10.5 Å². The lowest BCUT2D eigenvalue weighted by Gasteiger charge is -2.10. The first-order chi connectivity index (χ1) is 10.3. The van der Waals surface area contributed by atoms with Crippen molar-refractivity contribution in [3.63, 3.8) is 0 Å². The second-order valence-electron chi connectivity index (χ2n) is 5.10. The Morgan fingerprint density at radius 2 is 1.95 bits per heavy atom. The predicted octanol–water partition coefficient (Wildman–Crippen LogP) is 3.84. The summed E-state index contributed by atoms with van der Waals surface area (Å²) in [5.74, 6) is 1.61. The number of aromatic nitrogens is 1. The minimum atomic E-state index is 0.661. The molecule has 1 aromatic heterocycles. The molecule has 0 fully saturated rings. The van der Waals surface area contributed by atoms with Crippen LogP contribution in [-0.2, 0) is 6.42 Å². The number of para-hydroxylation sites is 1. The van der Waals surface area contributed by atoms with Crippen molar-refractivity contribution < 1.29 is 4.74 Å². The van der Waals surface area contributed by atoms with Gasteiger partial charge in [0.05, 0.1) is 11.7 Å². The van der Waals surface area contributed by atoms with E-state index in [1.807, 2.05) is 43.3 Å². The average molecular weight is 278 g/mol. The van der Waals surface area contributed by atoms with Crippen LogP contribution in [0.2, 0.25) is 0 Å². The summed E-state index contributed by atoms with van der Waals surface area (Å²) < 4.78 is 5.96. The monoisotopic (exact) mass is 278 g/mol. The van der Waals surface area contributed by atoms with Crippen LogP contribution in [0.25, 0.3) is 10.9 Å². The van der Waals surface area contributed by atoms with E-state index in [0.717, 1.165) is 34.4 Å². The SMILES string of the molecule is Cc1cc(CCN)ccc1Oc1cnc2ccccc2c1. The lowest BCUT2D eigenvalue weighted by atomic mass is 10.1. The molecule has 0 amide bonds. The molecule has 3 nitrogen and oxygen atoms in total. The van der Waals surface area contributed by atoms with Crippen molar-refractivity contribution in [2.75, 3.05) is 6.54 Å². The first-order valence-electron chi connectivity index (χ1n) is 7.08. The molecule has 3 aromatic rings. The van der Waals surface area contributed by atoms with E-state index in [-0.39, 0.29) is 0 Å². The highest BCUT2D eigenvalue weighted by Gasteiger charge is 2.04. The first-order valence-corrected chi connectivity index (χ1v) is 7.08. The number of fused-ring (bicyclic) bond motifs is 1. The molecule has 0 unspecified atom stereocenters. The Hall–Kier alpha value is -2.39. The number of hydrogen-bond acceptors (Lipinski definition) is 3. The van der Waals surface area contributed by atoms with Gasteiger partial charge in [-0.2, -0.15) is 0 Å². The molecule has 0 spiro atoms. The summed E-state index contributed by atoms with van der Waals surface area (Å²) in [4.78, 5) is 4.41. The summed E-state index contributed by atoms with van der Waals surface area (Å²) >= 11 is 0. The zero-order valence-electron chi connectivity index (χ0n) is 12.0. The Balaban J connectivity index is 1.87. The Morgan fingerprint density at radius 1 is 1.10 bits per heavy atom. The molecule has 3 heteroatoms. The topological polar surface area (TPSA) is 48.1 Å². The third kappa shape index (κ3) is 3.03. The van der Waals surface area contributed by atoms with Gasteiger partial charge < -0.3 is 10.5 Å².